The van der Waals surface area contributed by atoms with Gasteiger partial charge in [0.15, 0.2) is 0 Å². The summed E-state index contributed by atoms with van der Waals surface area (Å²) in [6.07, 6.45) is 23.7. The summed E-state index contributed by atoms with van der Waals surface area (Å²) in [6.45, 7) is 4.23. The third kappa shape index (κ3) is 23.9. The average molecular weight is 442 g/mol. The van der Waals surface area contributed by atoms with Crippen molar-refractivity contribution in [2.45, 2.75) is 141 Å². The van der Waals surface area contributed by atoms with Crippen molar-refractivity contribution in [3.63, 3.8) is 0 Å². The number of carbonyl (C=O) groups excluding carboxylic acids is 1. The highest BCUT2D eigenvalue weighted by Gasteiger charge is 2.19. The molecule has 0 bridgehead atoms. The van der Waals surface area contributed by atoms with Gasteiger partial charge in [0.05, 0.1) is 20.6 Å². The SMILES string of the molecule is CCCCCCCCCCCCCCC(O)C[N+](C)(C)CCCCCCCCC(=O)[O-]. The quantitative estimate of drug-likeness (QED) is 0.148. The first-order valence-corrected chi connectivity index (χ1v) is 13.6. The number of aliphatic carboxylic acids is 1. The van der Waals surface area contributed by atoms with E-state index >= 15 is 0 Å². The zero-order valence-corrected chi connectivity index (χ0v) is 21.3. The van der Waals surface area contributed by atoms with Crippen molar-refractivity contribution in [3.8, 4) is 0 Å². The van der Waals surface area contributed by atoms with Gasteiger partial charge in [-0.05, 0) is 32.1 Å². The third-order valence-corrected chi connectivity index (χ3v) is 6.49. The van der Waals surface area contributed by atoms with Crippen molar-refractivity contribution in [2.24, 2.45) is 0 Å². The van der Waals surface area contributed by atoms with Gasteiger partial charge in [-0.15, -0.1) is 0 Å². The molecule has 31 heavy (non-hydrogen) atoms. The first kappa shape index (κ1) is 30.4. The number of hydrogen-bond acceptors (Lipinski definition) is 3. The fourth-order valence-electron chi connectivity index (χ4n) is 4.49. The maximum atomic E-state index is 10.4. The summed E-state index contributed by atoms with van der Waals surface area (Å²) >= 11 is 0. The average Bonchev–Trinajstić information content (AvgIpc) is 2.70. The Hall–Kier alpha value is -0.610. The smallest absolute Gasteiger partial charge is 0.105 e. The molecule has 1 atom stereocenters. The van der Waals surface area contributed by atoms with E-state index in [0.29, 0.717) is 0 Å². The summed E-state index contributed by atoms with van der Waals surface area (Å²) in [5.74, 6) is -0.930. The molecule has 1 N–H and O–H groups in total. The number of carboxylic acids is 1. The van der Waals surface area contributed by atoms with Crippen LogP contribution in [0.4, 0.5) is 0 Å². The number of carbonyl (C=O) groups is 1. The number of rotatable bonds is 24. The third-order valence-electron chi connectivity index (χ3n) is 6.49. The molecule has 4 heteroatoms. The highest BCUT2D eigenvalue weighted by Crippen LogP contribution is 2.15. The van der Waals surface area contributed by atoms with Gasteiger partial charge in [0.25, 0.3) is 0 Å². The van der Waals surface area contributed by atoms with Gasteiger partial charge < -0.3 is 19.5 Å². The lowest BCUT2D eigenvalue weighted by atomic mass is 10.0. The molecule has 0 rings (SSSR count). The van der Waals surface area contributed by atoms with Crippen LogP contribution >= 0.6 is 0 Å². The van der Waals surface area contributed by atoms with Crippen LogP contribution in [0.5, 0.6) is 0 Å². The molecule has 1 unspecified atom stereocenters. The van der Waals surface area contributed by atoms with Crippen LogP contribution in [0, 0.1) is 0 Å². The fraction of sp³-hybridized carbons (Fsp3) is 0.963. The topological polar surface area (TPSA) is 60.4 Å². The number of carboxylic acid groups (broad SMARTS) is 1. The predicted octanol–water partition coefficient (Wildman–Crippen LogP) is 6.00. The van der Waals surface area contributed by atoms with Gasteiger partial charge in [-0.1, -0.05) is 103 Å². The van der Waals surface area contributed by atoms with Gasteiger partial charge in [-0.25, -0.2) is 0 Å². The van der Waals surface area contributed by atoms with Crippen LogP contribution in [0.15, 0.2) is 0 Å². The van der Waals surface area contributed by atoms with Gasteiger partial charge in [0, 0.05) is 5.97 Å². The largest absolute Gasteiger partial charge is 0.550 e. The Kier molecular flexibility index (Phi) is 20.8. The van der Waals surface area contributed by atoms with Crippen molar-refractivity contribution < 1.29 is 19.5 Å². The zero-order chi connectivity index (χ0) is 23.2. The molecule has 0 aromatic rings. The lowest BCUT2D eigenvalue weighted by Gasteiger charge is -2.32. The van der Waals surface area contributed by atoms with Crippen LogP contribution in [0.2, 0.25) is 0 Å². The highest BCUT2D eigenvalue weighted by molar-refractivity contribution is 5.63. The van der Waals surface area contributed by atoms with Gasteiger partial charge in [0.2, 0.25) is 0 Å². The molecule has 0 fully saturated rings. The lowest BCUT2D eigenvalue weighted by molar-refractivity contribution is -0.893. The number of likely N-dealkylation sites (N-methyl/N-ethyl adjacent to an activating group) is 1. The van der Waals surface area contributed by atoms with Crippen LogP contribution < -0.4 is 5.11 Å². The molecule has 0 heterocycles. The highest BCUT2D eigenvalue weighted by atomic mass is 16.4. The van der Waals surface area contributed by atoms with E-state index < -0.39 is 5.97 Å². The Morgan fingerprint density at radius 3 is 1.61 bits per heavy atom. The molecule has 0 aliphatic heterocycles. The Bertz CT molecular complexity index is 398. The fourth-order valence-corrected chi connectivity index (χ4v) is 4.49. The minimum Gasteiger partial charge on any atom is -0.550 e. The number of unbranched alkanes of at least 4 members (excludes halogenated alkanes) is 16. The van der Waals surface area contributed by atoms with E-state index in [9.17, 15) is 15.0 Å². The molecular weight excluding hydrogens is 386 g/mol. The number of aliphatic hydroxyl groups excluding tert-OH is 1. The van der Waals surface area contributed by atoms with Crippen LogP contribution in [0.1, 0.15) is 135 Å². The number of nitrogens with zero attached hydrogens (tertiary/aromatic N) is 1. The van der Waals surface area contributed by atoms with Crippen molar-refractivity contribution in [1.29, 1.82) is 0 Å². The molecule has 0 radical (unpaired) electrons. The van der Waals surface area contributed by atoms with E-state index in [2.05, 4.69) is 21.0 Å². The van der Waals surface area contributed by atoms with E-state index in [-0.39, 0.29) is 12.5 Å². The Morgan fingerprint density at radius 2 is 1.13 bits per heavy atom. The molecule has 0 saturated carbocycles. The van der Waals surface area contributed by atoms with Crippen molar-refractivity contribution in [1.82, 2.24) is 0 Å². The molecule has 0 amide bonds. The Morgan fingerprint density at radius 1 is 0.710 bits per heavy atom. The summed E-state index contributed by atoms with van der Waals surface area (Å²) in [4.78, 5) is 10.4. The van der Waals surface area contributed by atoms with E-state index in [0.717, 1.165) is 49.7 Å². The zero-order valence-electron chi connectivity index (χ0n) is 21.3. The summed E-state index contributed by atoms with van der Waals surface area (Å²) < 4.78 is 0.893. The summed E-state index contributed by atoms with van der Waals surface area (Å²) in [5, 5.41) is 20.8. The standard InChI is InChI=1S/C27H55NO3/c1-4-5-6-7-8-9-10-11-12-13-16-19-22-26(29)25-28(2,3)24-21-18-15-14-17-20-23-27(30)31/h26,29H,4-25H2,1-3H3. The number of hydrogen-bond donors (Lipinski definition) is 1. The molecular formula is C27H55NO3. The Labute approximate surface area is 194 Å². The molecule has 0 spiro atoms. The summed E-state index contributed by atoms with van der Waals surface area (Å²) in [6, 6.07) is 0. The number of quaternary nitrogens is 1. The predicted molar refractivity (Wildman–Crippen MR) is 131 cm³/mol. The van der Waals surface area contributed by atoms with Crippen molar-refractivity contribution >= 4 is 5.97 Å². The van der Waals surface area contributed by atoms with Gasteiger partial charge in [0.1, 0.15) is 12.6 Å². The molecule has 4 nitrogen and oxygen atoms in total. The first-order chi connectivity index (χ1) is 14.9. The van der Waals surface area contributed by atoms with Crippen LogP contribution in [-0.4, -0.2) is 48.8 Å². The van der Waals surface area contributed by atoms with E-state index in [1.165, 1.54) is 89.9 Å². The molecule has 0 aromatic carbocycles. The molecule has 0 aromatic heterocycles. The second kappa shape index (κ2) is 21.2. The maximum Gasteiger partial charge on any atom is 0.105 e. The molecule has 0 aliphatic carbocycles. The monoisotopic (exact) mass is 441 g/mol. The second-order valence-corrected chi connectivity index (χ2v) is 10.4. The maximum absolute atomic E-state index is 10.4. The Balaban J connectivity index is 3.48. The number of aliphatic hydroxyl groups is 1. The minimum absolute atomic E-state index is 0.178. The summed E-state index contributed by atoms with van der Waals surface area (Å²) in [5.41, 5.74) is 0. The van der Waals surface area contributed by atoms with Gasteiger partial charge in [-0.3, -0.25) is 0 Å². The normalized spacial score (nSPS) is 12.9. The minimum atomic E-state index is -0.930. The van der Waals surface area contributed by atoms with E-state index in [1.54, 1.807) is 0 Å². The first-order valence-electron chi connectivity index (χ1n) is 13.6. The van der Waals surface area contributed by atoms with Gasteiger partial charge >= 0.3 is 0 Å². The molecule has 0 saturated heterocycles. The van der Waals surface area contributed by atoms with Crippen molar-refractivity contribution in [3.05, 3.63) is 0 Å². The molecule has 0 aliphatic rings. The van der Waals surface area contributed by atoms with Crippen LogP contribution in [-0.2, 0) is 4.79 Å². The van der Waals surface area contributed by atoms with E-state index in [1.807, 2.05) is 0 Å². The summed E-state index contributed by atoms with van der Waals surface area (Å²) in [7, 11) is 4.46. The van der Waals surface area contributed by atoms with Crippen molar-refractivity contribution in [2.75, 3.05) is 27.2 Å². The second-order valence-electron chi connectivity index (χ2n) is 10.4. The van der Waals surface area contributed by atoms with Crippen LogP contribution in [0.25, 0.3) is 0 Å². The van der Waals surface area contributed by atoms with Gasteiger partial charge in [-0.2, -0.15) is 0 Å². The lowest BCUT2D eigenvalue weighted by Crippen LogP contribution is -2.45. The van der Waals surface area contributed by atoms with Crippen LogP contribution in [0.3, 0.4) is 0 Å². The molecule has 186 valence electrons. The van der Waals surface area contributed by atoms with E-state index in [4.69, 9.17) is 0 Å².